The highest BCUT2D eigenvalue weighted by Gasteiger charge is 2.30. The van der Waals surface area contributed by atoms with Gasteiger partial charge in [-0.2, -0.15) is 5.10 Å². The third-order valence-corrected chi connectivity index (χ3v) is 3.47. The Morgan fingerprint density at radius 3 is 2.95 bits per heavy atom. The van der Waals surface area contributed by atoms with Crippen LogP contribution in [0.25, 0.3) is 0 Å². The number of carbonyl (C=O) groups excluding carboxylic acids is 1. The molecule has 1 aliphatic carbocycles. The summed E-state index contributed by atoms with van der Waals surface area (Å²) < 4.78 is 5.48. The van der Waals surface area contributed by atoms with E-state index in [2.05, 4.69) is 15.5 Å². The first-order valence-corrected chi connectivity index (χ1v) is 7.07. The molecule has 1 aromatic carbocycles. The lowest BCUT2D eigenvalue weighted by Crippen LogP contribution is -2.15. The molecule has 0 unspecified atom stereocenters. The first kappa shape index (κ1) is 13.5. The number of benzene rings is 1. The summed E-state index contributed by atoms with van der Waals surface area (Å²) in [6.45, 7) is 2.43. The minimum Gasteiger partial charge on any atom is -0.492 e. The van der Waals surface area contributed by atoms with Crippen LogP contribution in [0.2, 0.25) is 0 Å². The van der Waals surface area contributed by atoms with Gasteiger partial charge in [0, 0.05) is 5.92 Å². The molecule has 4 N–H and O–H groups in total. The lowest BCUT2D eigenvalue weighted by molar-refractivity contribution is 0.102. The highest BCUT2D eigenvalue weighted by Crippen LogP contribution is 2.42. The van der Waals surface area contributed by atoms with Crippen molar-refractivity contribution in [1.29, 1.82) is 0 Å². The van der Waals surface area contributed by atoms with Crippen molar-refractivity contribution < 1.29 is 9.53 Å². The van der Waals surface area contributed by atoms with Crippen molar-refractivity contribution in [2.45, 2.75) is 25.7 Å². The maximum Gasteiger partial charge on any atom is 0.278 e. The summed E-state index contributed by atoms with van der Waals surface area (Å²) in [5.41, 5.74) is 8.18. The summed E-state index contributed by atoms with van der Waals surface area (Å²) in [7, 11) is 0. The topological polar surface area (TPSA) is 93.0 Å². The van der Waals surface area contributed by atoms with Crippen LogP contribution in [0.1, 0.15) is 41.9 Å². The molecule has 21 heavy (non-hydrogen) atoms. The van der Waals surface area contributed by atoms with Gasteiger partial charge >= 0.3 is 0 Å². The highest BCUT2D eigenvalue weighted by atomic mass is 16.5. The van der Waals surface area contributed by atoms with Crippen molar-refractivity contribution in [3.05, 3.63) is 35.7 Å². The van der Waals surface area contributed by atoms with Crippen molar-refractivity contribution in [1.82, 2.24) is 10.2 Å². The van der Waals surface area contributed by atoms with Gasteiger partial charge in [0.1, 0.15) is 5.75 Å². The molecule has 1 aliphatic rings. The van der Waals surface area contributed by atoms with E-state index >= 15 is 0 Å². The van der Waals surface area contributed by atoms with E-state index < -0.39 is 0 Å². The Labute approximate surface area is 122 Å². The monoisotopic (exact) mass is 286 g/mol. The molecule has 2 aromatic rings. The predicted molar refractivity (Wildman–Crippen MR) is 80.5 cm³/mol. The van der Waals surface area contributed by atoms with Crippen LogP contribution in [-0.4, -0.2) is 22.7 Å². The molecule has 1 fully saturated rings. The maximum absolute atomic E-state index is 12.3. The summed E-state index contributed by atoms with van der Waals surface area (Å²) in [5, 5.41) is 9.72. The molecule has 3 rings (SSSR count). The largest absolute Gasteiger partial charge is 0.492 e. The van der Waals surface area contributed by atoms with Crippen molar-refractivity contribution in [2.75, 3.05) is 17.7 Å². The summed E-state index contributed by atoms with van der Waals surface area (Å²) in [6.07, 6.45) is 2.20. The summed E-state index contributed by atoms with van der Waals surface area (Å²) >= 11 is 0. The molecule has 0 spiro atoms. The quantitative estimate of drug-likeness (QED) is 0.787. The SMILES string of the molecule is CCOc1ccccc1NC(=O)c1n[nH]c(C2CC2)c1N. The van der Waals surface area contributed by atoms with Gasteiger partial charge in [0.15, 0.2) is 5.69 Å². The second kappa shape index (κ2) is 5.47. The number of nitrogen functional groups attached to an aromatic ring is 1. The summed E-state index contributed by atoms with van der Waals surface area (Å²) in [4.78, 5) is 12.3. The van der Waals surface area contributed by atoms with E-state index in [-0.39, 0.29) is 11.6 Å². The smallest absolute Gasteiger partial charge is 0.278 e. The molecular formula is C15H18N4O2. The van der Waals surface area contributed by atoms with Gasteiger partial charge in [-0.15, -0.1) is 0 Å². The first-order valence-electron chi connectivity index (χ1n) is 7.07. The summed E-state index contributed by atoms with van der Waals surface area (Å²) in [6, 6.07) is 7.28. The molecule has 1 aromatic heterocycles. The lowest BCUT2D eigenvalue weighted by Gasteiger charge is -2.10. The normalized spacial score (nSPS) is 14.0. The van der Waals surface area contributed by atoms with Crippen LogP contribution in [0, 0.1) is 0 Å². The van der Waals surface area contributed by atoms with Crippen LogP contribution in [-0.2, 0) is 0 Å². The zero-order valence-corrected chi connectivity index (χ0v) is 11.8. The van der Waals surface area contributed by atoms with E-state index in [4.69, 9.17) is 10.5 Å². The van der Waals surface area contributed by atoms with Crippen LogP contribution in [0.3, 0.4) is 0 Å². The number of hydrogen-bond acceptors (Lipinski definition) is 4. The molecule has 0 radical (unpaired) electrons. The van der Waals surface area contributed by atoms with Crippen LogP contribution in [0.4, 0.5) is 11.4 Å². The zero-order valence-electron chi connectivity index (χ0n) is 11.8. The van der Waals surface area contributed by atoms with Gasteiger partial charge in [-0.25, -0.2) is 0 Å². The second-order valence-electron chi connectivity index (χ2n) is 5.06. The highest BCUT2D eigenvalue weighted by molar-refractivity contribution is 6.07. The minimum absolute atomic E-state index is 0.239. The van der Waals surface area contributed by atoms with Gasteiger partial charge < -0.3 is 15.8 Å². The molecular weight excluding hydrogens is 268 g/mol. The second-order valence-corrected chi connectivity index (χ2v) is 5.06. The van der Waals surface area contributed by atoms with Gasteiger partial charge in [-0.1, -0.05) is 12.1 Å². The van der Waals surface area contributed by atoms with E-state index in [1.807, 2.05) is 25.1 Å². The standard InChI is InChI=1S/C15H18N4O2/c1-2-21-11-6-4-3-5-10(11)17-15(20)14-12(16)13(18-19-14)9-7-8-9/h3-6,9H,2,7-8,16H2,1H3,(H,17,20)(H,18,19). The van der Waals surface area contributed by atoms with E-state index in [1.165, 1.54) is 0 Å². The van der Waals surface area contributed by atoms with Crippen LogP contribution in [0.5, 0.6) is 5.75 Å². The summed E-state index contributed by atoms with van der Waals surface area (Å²) in [5.74, 6) is 0.724. The Morgan fingerprint density at radius 1 is 1.48 bits per heavy atom. The number of nitrogens with two attached hydrogens (primary N) is 1. The lowest BCUT2D eigenvalue weighted by atomic mass is 10.2. The molecule has 6 nitrogen and oxygen atoms in total. The fraction of sp³-hybridized carbons (Fsp3) is 0.333. The van der Waals surface area contributed by atoms with Crippen molar-refractivity contribution in [3.63, 3.8) is 0 Å². The number of aromatic nitrogens is 2. The Morgan fingerprint density at radius 2 is 2.24 bits per heavy atom. The molecule has 0 atom stereocenters. The number of aromatic amines is 1. The molecule has 0 saturated heterocycles. The number of nitrogens with zero attached hydrogens (tertiary/aromatic N) is 1. The van der Waals surface area contributed by atoms with E-state index in [0.29, 0.717) is 29.6 Å². The van der Waals surface area contributed by atoms with Crippen LogP contribution in [0.15, 0.2) is 24.3 Å². The van der Waals surface area contributed by atoms with Crippen LogP contribution >= 0.6 is 0 Å². The Hall–Kier alpha value is -2.50. The van der Waals surface area contributed by atoms with E-state index in [1.54, 1.807) is 6.07 Å². The number of rotatable bonds is 5. The first-order chi connectivity index (χ1) is 10.2. The number of carbonyl (C=O) groups is 1. The number of H-pyrrole nitrogens is 1. The number of anilines is 2. The Kier molecular flexibility index (Phi) is 3.51. The molecule has 1 amide bonds. The fourth-order valence-electron chi connectivity index (χ4n) is 2.25. The van der Waals surface area contributed by atoms with Gasteiger partial charge in [0.05, 0.1) is 23.7 Å². The number of hydrogen-bond donors (Lipinski definition) is 3. The fourth-order valence-corrected chi connectivity index (χ4v) is 2.25. The zero-order chi connectivity index (χ0) is 14.8. The van der Waals surface area contributed by atoms with Crippen LogP contribution < -0.4 is 15.8 Å². The van der Waals surface area contributed by atoms with Crippen molar-refractivity contribution in [3.8, 4) is 5.75 Å². The van der Waals surface area contributed by atoms with E-state index in [0.717, 1.165) is 18.5 Å². The molecule has 1 heterocycles. The van der Waals surface area contributed by atoms with Gasteiger partial charge in [0.2, 0.25) is 0 Å². The number of para-hydroxylation sites is 2. The molecule has 6 heteroatoms. The Bertz CT molecular complexity index is 661. The average Bonchev–Trinajstić information content (AvgIpc) is 3.24. The van der Waals surface area contributed by atoms with Gasteiger partial charge in [-0.3, -0.25) is 9.89 Å². The number of amides is 1. The molecule has 0 bridgehead atoms. The minimum atomic E-state index is -0.331. The molecule has 0 aliphatic heterocycles. The maximum atomic E-state index is 12.3. The third kappa shape index (κ3) is 2.69. The van der Waals surface area contributed by atoms with Gasteiger partial charge in [-0.05, 0) is 31.9 Å². The van der Waals surface area contributed by atoms with Crippen molar-refractivity contribution >= 4 is 17.3 Å². The molecule has 110 valence electrons. The predicted octanol–water partition coefficient (Wildman–Crippen LogP) is 2.52. The molecule has 1 saturated carbocycles. The van der Waals surface area contributed by atoms with E-state index in [9.17, 15) is 4.79 Å². The van der Waals surface area contributed by atoms with Crippen molar-refractivity contribution in [2.24, 2.45) is 0 Å². The third-order valence-electron chi connectivity index (χ3n) is 3.47. The van der Waals surface area contributed by atoms with Gasteiger partial charge in [0.25, 0.3) is 5.91 Å². The number of ether oxygens (including phenoxy) is 1. The Balaban J connectivity index is 1.80. The average molecular weight is 286 g/mol. The number of nitrogens with one attached hydrogen (secondary N) is 2.